The van der Waals surface area contributed by atoms with Crippen molar-refractivity contribution >= 4 is 17.2 Å². The number of carbonyl (C=O) groups is 1. The molecule has 1 saturated carbocycles. The average molecular weight is 377 g/mol. The molecule has 4 heterocycles. The van der Waals surface area contributed by atoms with E-state index in [1.54, 1.807) is 18.3 Å². The summed E-state index contributed by atoms with van der Waals surface area (Å²) in [6.45, 7) is 2.94. The van der Waals surface area contributed by atoms with Crippen molar-refractivity contribution in [1.29, 1.82) is 0 Å². The molecule has 0 atom stereocenters. The van der Waals surface area contributed by atoms with Crippen LogP contribution in [0.15, 0.2) is 42.9 Å². The van der Waals surface area contributed by atoms with Crippen LogP contribution in [0.4, 0.5) is 5.69 Å². The highest BCUT2D eigenvalue weighted by atomic mass is 16.5. The van der Waals surface area contributed by atoms with E-state index in [1.807, 2.05) is 4.90 Å². The van der Waals surface area contributed by atoms with Crippen LogP contribution in [0.1, 0.15) is 34.8 Å². The van der Waals surface area contributed by atoms with Gasteiger partial charge < -0.3 is 18.9 Å². The Labute approximate surface area is 163 Å². The molecule has 0 bridgehead atoms. The SMILES string of the molecule is COc1ncccc1C(=O)N1CCN(c2ccc3nc(C4CC4)cn3c2)CC1. The highest BCUT2D eigenvalue weighted by Gasteiger charge is 2.27. The van der Waals surface area contributed by atoms with Crippen LogP contribution in [-0.2, 0) is 0 Å². The van der Waals surface area contributed by atoms with Crippen LogP contribution in [0.2, 0.25) is 0 Å². The van der Waals surface area contributed by atoms with Crippen molar-refractivity contribution in [1.82, 2.24) is 19.3 Å². The maximum atomic E-state index is 12.8. The molecule has 7 heteroatoms. The molecule has 1 aliphatic heterocycles. The summed E-state index contributed by atoms with van der Waals surface area (Å²) in [7, 11) is 1.54. The first kappa shape index (κ1) is 17.0. The zero-order valence-electron chi connectivity index (χ0n) is 15.9. The van der Waals surface area contributed by atoms with E-state index >= 15 is 0 Å². The molecule has 1 amide bonds. The predicted molar refractivity (Wildman–Crippen MR) is 106 cm³/mol. The number of nitrogens with zero attached hydrogens (tertiary/aromatic N) is 5. The average Bonchev–Trinajstić information content (AvgIpc) is 3.52. The number of fused-ring (bicyclic) bond motifs is 1. The molecule has 0 radical (unpaired) electrons. The maximum Gasteiger partial charge on any atom is 0.259 e. The summed E-state index contributed by atoms with van der Waals surface area (Å²) in [5.41, 5.74) is 3.89. The zero-order valence-corrected chi connectivity index (χ0v) is 15.9. The minimum Gasteiger partial charge on any atom is -0.480 e. The number of methoxy groups -OCH3 is 1. The van der Waals surface area contributed by atoms with E-state index in [-0.39, 0.29) is 5.91 Å². The van der Waals surface area contributed by atoms with Crippen molar-refractivity contribution in [3.8, 4) is 5.88 Å². The molecule has 2 aliphatic rings. The molecule has 3 aromatic rings. The van der Waals surface area contributed by atoms with Gasteiger partial charge in [0.1, 0.15) is 11.2 Å². The molecule has 7 nitrogen and oxygen atoms in total. The largest absolute Gasteiger partial charge is 0.480 e. The lowest BCUT2D eigenvalue weighted by Crippen LogP contribution is -2.49. The van der Waals surface area contributed by atoms with Gasteiger partial charge in [-0.05, 0) is 37.1 Å². The molecule has 1 saturated heterocycles. The second kappa shape index (κ2) is 6.82. The standard InChI is InChI=1S/C21H23N5O2/c1-28-20-17(3-2-8-22-20)21(27)25-11-9-24(10-12-25)16-6-7-19-23-18(15-4-5-15)14-26(19)13-16/h2-3,6-8,13-15H,4-5,9-12H2,1H3. The molecule has 0 unspecified atom stereocenters. The Bertz CT molecular complexity index is 1020. The first-order chi connectivity index (χ1) is 13.7. The summed E-state index contributed by atoms with van der Waals surface area (Å²) in [6, 6.07) is 7.74. The minimum absolute atomic E-state index is 0.0243. The van der Waals surface area contributed by atoms with Gasteiger partial charge in [0.05, 0.1) is 18.5 Å². The van der Waals surface area contributed by atoms with Gasteiger partial charge in [0.2, 0.25) is 5.88 Å². The van der Waals surface area contributed by atoms with Crippen molar-refractivity contribution in [3.63, 3.8) is 0 Å². The van der Waals surface area contributed by atoms with Gasteiger partial charge in [-0.15, -0.1) is 0 Å². The summed E-state index contributed by atoms with van der Waals surface area (Å²) in [4.78, 5) is 25.9. The number of hydrogen-bond acceptors (Lipinski definition) is 5. The fraction of sp³-hybridized carbons (Fsp3) is 0.381. The number of amides is 1. The Morgan fingerprint density at radius 3 is 2.68 bits per heavy atom. The molecule has 144 valence electrons. The van der Waals surface area contributed by atoms with Crippen LogP contribution < -0.4 is 9.64 Å². The van der Waals surface area contributed by atoms with E-state index in [1.165, 1.54) is 31.3 Å². The monoisotopic (exact) mass is 377 g/mol. The Morgan fingerprint density at radius 1 is 1.11 bits per heavy atom. The fourth-order valence-corrected chi connectivity index (χ4v) is 3.82. The van der Waals surface area contributed by atoms with Gasteiger partial charge >= 0.3 is 0 Å². The molecular weight excluding hydrogens is 354 g/mol. The molecule has 28 heavy (non-hydrogen) atoms. The van der Waals surface area contributed by atoms with E-state index in [4.69, 9.17) is 9.72 Å². The number of anilines is 1. The number of imidazole rings is 1. The molecule has 0 N–H and O–H groups in total. The molecule has 1 aliphatic carbocycles. The van der Waals surface area contributed by atoms with Gasteiger partial charge in [0.15, 0.2) is 0 Å². The van der Waals surface area contributed by atoms with Crippen LogP contribution >= 0.6 is 0 Å². The van der Waals surface area contributed by atoms with Crippen LogP contribution in [0.5, 0.6) is 5.88 Å². The lowest BCUT2D eigenvalue weighted by molar-refractivity contribution is 0.0742. The number of ether oxygens (including phenoxy) is 1. The van der Waals surface area contributed by atoms with Crippen LogP contribution in [0.3, 0.4) is 0 Å². The lowest BCUT2D eigenvalue weighted by Gasteiger charge is -2.36. The van der Waals surface area contributed by atoms with E-state index in [0.29, 0.717) is 30.5 Å². The summed E-state index contributed by atoms with van der Waals surface area (Å²) < 4.78 is 7.36. The number of carbonyl (C=O) groups excluding carboxylic acids is 1. The third-order valence-electron chi connectivity index (χ3n) is 5.58. The summed E-state index contributed by atoms with van der Waals surface area (Å²) in [5, 5.41) is 0. The van der Waals surface area contributed by atoms with Crippen molar-refractivity contribution in [2.75, 3.05) is 38.2 Å². The van der Waals surface area contributed by atoms with Gasteiger partial charge in [-0.2, -0.15) is 0 Å². The Hall–Kier alpha value is -3.09. The molecular formula is C21H23N5O2. The normalized spacial score (nSPS) is 17.2. The second-order valence-corrected chi connectivity index (χ2v) is 7.43. The quantitative estimate of drug-likeness (QED) is 0.699. The molecule has 0 aromatic carbocycles. The topological polar surface area (TPSA) is 63.0 Å². The molecule has 3 aromatic heterocycles. The molecule has 5 rings (SSSR count). The molecule has 2 fully saturated rings. The number of piperazine rings is 1. The third kappa shape index (κ3) is 3.06. The Kier molecular flexibility index (Phi) is 4.15. The second-order valence-electron chi connectivity index (χ2n) is 7.43. The smallest absolute Gasteiger partial charge is 0.259 e. The number of rotatable bonds is 4. The van der Waals surface area contributed by atoms with Crippen molar-refractivity contribution in [2.24, 2.45) is 0 Å². The highest BCUT2D eigenvalue weighted by molar-refractivity contribution is 5.96. The van der Waals surface area contributed by atoms with E-state index in [0.717, 1.165) is 18.7 Å². The first-order valence-corrected chi connectivity index (χ1v) is 9.75. The summed E-state index contributed by atoms with van der Waals surface area (Å²) >= 11 is 0. The van der Waals surface area contributed by atoms with Gasteiger partial charge in [-0.1, -0.05) is 0 Å². The highest BCUT2D eigenvalue weighted by Crippen LogP contribution is 2.39. The fourth-order valence-electron chi connectivity index (χ4n) is 3.82. The van der Waals surface area contributed by atoms with Crippen molar-refractivity contribution in [3.05, 3.63) is 54.1 Å². The summed E-state index contributed by atoms with van der Waals surface area (Å²) in [6.07, 6.45) is 8.46. The van der Waals surface area contributed by atoms with Crippen molar-refractivity contribution in [2.45, 2.75) is 18.8 Å². The number of pyridine rings is 2. The van der Waals surface area contributed by atoms with Gasteiger partial charge in [-0.3, -0.25) is 4.79 Å². The number of hydrogen-bond donors (Lipinski definition) is 0. The zero-order chi connectivity index (χ0) is 19.1. The van der Waals surface area contributed by atoms with Crippen LogP contribution in [0, 0.1) is 0 Å². The van der Waals surface area contributed by atoms with E-state index in [9.17, 15) is 4.79 Å². The lowest BCUT2D eigenvalue weighted by atomic mass is 10.2. The predicted octanol–water partition coefficient (Wildman–Crippen LogP) is 2.58. The minimum atomic E-state index is -0.0243. The molecule has 0 spiro atoms. The van der Waals surface area contributed by atoms with Gasteiger partial charge in [-0.25, -0.2) is 9.97 Å². The third-order valence-corrected chi connectivity index (χ3v) is 5.58. The van der Waals surface area contributed by atoms with Gasteiger partial charge in [0.25, 0.3) is 5.91 Å². The summed E-state index contributed by atoms with van der Waals surface area (Å²) in [5.74, 6) is 1.01. The first-order valence-electron chi connectivity index (χ1n) is 9.75. The maximum absolute atomic E-state index is 12.8. The van der Waals surface area contributed by atoms with Gasteiger partial charge in [0, 0.05) is 50.7 Å². The van der Waals surface area contributed by atoms with E-state index in [2.05, 4.69) is 38.8 Å². The Morgan fingerprint density at radius 2 is 1.93 bits per heavy atom. The van der Waals surface area contributed by atoms with Crippen molar-refractivity contribution < 1.29 is 9.53 Å². The van der Waals surface area contributed by atoms with Crippen LogP contribution in [0.25, 0.3) is 5.65 Å². The van der Waals surface area contributed by atoms with Crippen LogP contribution in [-0.4, -0.2) is 58.5 Å². The van der Waals surface area contributed by atoms with E-state index < -0.39 is 0 Å². The number of aromatic nitrogens is 3. The Balaban J connectivity index is 1.29.